The topological polar surface area (TPSA) is 38.0 Å². The molecule has 3 nitrogen and oxygen atoms in total. The highest BCUT2D eigenvalue weighted by Gasteiger charge is 2.29. The van der Waals surface area contributed by atoms with E-state index in [9.17, 15) is 18.3 Å². The Labute approximate surface area is 98.2 Å². The van der Waals surface area contributed by atoms with E-state index in [-0.39, 0.29) is 19.3 Å². The molecule has 0 radical (unpaired) electrons. The third-order valence-electron chi connectivity index (χ3n) is 2.51. The Balaban J connectivity index is 2.41. The van der Waals surface area contributed by atoms with Gasteiger partial charge in [-0.25, -0.2) is 0 Å². The molecule has 1 atom stereocenters. The molecule has 0 aliphatic rings. The lowest BCUT2D eigenvalue weighted by Gasteiger charge is -2.22. The van der Waals surface area contributed by atoms with Crippen molar-refractivity contribution in [3.05, 3.63) is 18.0 Å². The van der Waals surface area contributed by atoms with Gasteiger partial charge in [0.05, 0.1) is 11.3 Å². The number of nitrogens with zero attached hydrogens (tertiary/aromatic N) is 2. The predicted molar refractivity (Wildman–Crippen MR) is 57.4 cm³/mol. The van der Waals surface area contributed by atoms with Crippen LogP contribution < -0.4 is 0 Å². The standard InChI is InChI=1S/C11H17F3N2O/c1-10(17,5-3-6-11(12,13)14)8-9-4-7-16(2)15-9/h4,7,17H,3,5-6,8H2,1-2H3. The monoisotopic (exact) mass is 250 g/mol. The average molecular weight is 250 g/mol. The molecule has 6 heteroatoms. The first-order valence-corrected chi connectivity index (χ1v) is 5.46. The molecule has 0 fully saturated rings. The van der Waals surface area contributed by atoms with E-state index in [2.05, 4.69) is 5.10 Å². The molecule has 0 saturated carbocycles. The molecular formula is C11H17F3N2O. The molecule has 0 bridgehead atoms. The molecule has 1 unspecified atom stereocenters. The van der Waals surface area contributed by atoms with Gasteiger partial charge in [0.1, 0.15) is 0 Å². The molecule has 1 N–H and O–H groups in total. The minimum absolute atomic E-state index is 0.0661. The normalized spacial score (nSPS) is 15.9. The summed E-state index contributed by atoms with van der Waals surface area (Å²) in [5, 5.41) is 14.0. The maximum Gasteiger partial charge on any atom is 0.389 e. The largest absolute Gasteiger partial charge is 0.390 e. The van der Waals surface area contributed by atoms with Crippen LogP contribution in [0.5, 0.6) is 0 Å². The molecule has 1 heterocycles. The maximum absolute atomic E-state index is 12.0. The molecule has 0 amide bonds. The second-order valence-electron chi connectivity index (χ2n) is 4.62. The van der Waals surface area contributed by atoms with Crippen LogP contribution in [0.25, 0.3) is 0 Å². The van der Waals surface area contributed by atoms with Crippen LogP contribution in [0, 0.1) is 0 Å². The quantitative estimate of drug-likeness (QED) is 0.871. The number of hydrogen-bond acceptors (Lipinski definition) is 2. The van der Waals surface area contributed by atoms with Gasteiger partial charge in [0.2, 0.25) is 0 Å². The fourth-order valence-corrected chi connectivity index (χ4v) is 1.71. The summed E-state index contributed by atoms with van der Waals surface area (Å²) >= 11 is 0. The Morgan fingerprint density at radius 1 is 1.35 bits per heavy atom. The Kier molecular flexibility index (Phi) is 4.19. The van der Waals surface area contributed by atoms with Crippen LogP contribution in [0.1, 0.15) is 31.9 Å². The Hall–Kier alpha value is -1.04. The SMILES string of the molecule is Cn1ccc(CC(C)(O)CCCC(F)(F)F)n1. The van der Waals surface area contributed by atoms with Crippen molar-refractivity contribution in [1.29, 1.82) is 0 Å². The highest BCUT2D eigenvalue weighted by Crippen LogP contribution is 2.26. The molecule has 0 aromatic carbocycles. The first kappa shape index (κ1) is 14.0. The van der Waals surface area contributed by atoms with Crippen LogP contribution in [0.4, 0.5) is 13.2 Å². The average Bonchev–Trinajstić information content (AvgIpc) is 2.47. The molecule has 1 aromatic heterocycles. The van der Waals surface area contributed by atoms with Gasteiger partial charge in [0.25, 0.3) is 0 Å². The fourth-order valence-electron chi connectivity index (χ4n) is 1.71. The molecule has 17 heavy (non-hydrogen) atoms. The number of aliphatic hydroxyl groups is 1. The summed E-state index contributed by atoms with van der Waals surface area (Å²) in [5.74, 6) is 0. The number of hydrogen-bond donors (Lipinski definition) is 1. The van der Waals surface area contributed by atoms with Gasteiger partial charge >= 0.3 is 6.18 Å². The first-order chi connectivity index (χ1) is 7.68. The molecule has 1 rings (SSSR count). The van der Waals surface area contributed by atoms with E-state index in [0.29, 0.717) is 5.69 Å². The van der Waals surface area contributed by atoms with Crippen LogP contribution >= 0.6 is 0 Å². The third-order valence-corrected chi connectivity index (χ3v) is 2.51. The van der Waals surface area contributed by atoms with Crippen LogP contribution in [0.15, 0.2) is 12.3 Å². The van der Waals surface area contributed by atoms with Gasteiger partial charge < -0.3 is 5.11 Å². The smallest absolute Gasteiger partial charge is 0.389 e. The molecule has 0 spiro atoms. The van der Waals surface area contributed by atoms with Gasteiger partial charge in [-0.05, 0) is 25.8 Å². The number of alkyl halides is 3. The summed E-state index contributed by atoms with van der Waals surface area (Å²) in [6.07, 6.45) is -2.95. The summed E-state index contributed by atoms with van der Waals surface area (Å²) in [7, 11) is 1.75. The van der Waals surface area contributed by atoms with Crippen LogP contribution in [0.3, 0.4) is 0 Å². The molecule has 98 valence electrons. The van der Waals surface area contributed by atoms with Crippen molar-refractivity contribution in [2.45, 2.75) is 44.4 Å². The summed E-state index contributed by atoms with van der Waals surface area (Å²) in [4.78, 5) is 0. The molecule has 1 aromatic rings. The lowest BCUT2D eigenvalue weighted by molar-refractivity contribution is -0.137. The number of aromatic nitrogens is 2. The first-order valence-electron chi connectivity index (χ1n) is 5.46. The van der Waals surface area contributed by atoms with Crippen molar-refractivity contribution in [3.63, 3.8) is 0 Å². The zero-order valence-electron chi connectivity index (χ0n) is 9.96. The highest BCUT2D eigenvalue weighted by atomic mass is 19.4. The maximum atomic E-state index is 12.0. The lowest BCUT2D eigenvalue weighted by atomic mass is 9.93. The predicted octanol–water partition coefficient (Wildman–Crippen LogP) is 2.45. The van der Waals surface area contributed by atoms with Crippen LogP contribution in [-0.4, -0.2) is 26.7 Å². The summed E-state index contributed by atoms with van der Waals surface area (Å²) in [6.45, 7) is 1.54. The zero-order valence-corrected chi connectivity index (χ0v) is 9.96. The molecule has 0 saturated heterocycles. The Morgan fingerprint density at radius 2 is 2.00 bits per heavy atom. The van der Waals surface area contributed by atoms with E-state index < -0.39 is 18.2 Å². The van der Waals surface area contributed by atoms with Gasteiger partial charge in [-0.2, -0.15) is 18.3 Å². The van der Waals surface area contributed by atoms with Crippen molar-refractivity contribution in [3.8, 4) is 0 Å². The number of aryl methyl sites for hydroxylation is 1. The molecular weight excluding hydrogens is 233 g/mol. The van der Waals surface area contributed by atoms with E-state index in [4.69, 9.17) is 0 Å². The molecule has 0 aliphatic carbocycles. The summed E-state index contributed by atoms with van der Waals surface area (Å²) in [6, 6.07) is 1.75. The minimum atomic E-state index is -4.15. The van der Waals surface area contributed by atoms with Crippen LogP contribution in [0.2, 0.25) is 0 Å². The van der Waals surface area contributed by atoms with E-state index >= 15 is 0 Å². The van der Waals surface area contributed by atoms with Gasteiger partial charge in [-0.3, -0.25) is 4.68 Å². The van der Waals surface area contributed by atoms with Crippen LogP contribution in [-0.2, 0) is 13.5 Å². The van der Waals surface area contributed by atoms with E-state index in [1.165, 1.54) is 6.92 Å². The summed E-state index contributed by atoms with van der Waals surface area (Å²) in [5.41, 5.74) is -0.455. The number of halogens is 3. The van der Waals surface area contributed by atoms with E-state index in [1.54, 1.807) is 24.0 Å². The highest BCUT2D eigenvalue weighted by molar-refractivity contribution is 5.02. The van der Waals surface area contributed by atoms with Crippen molar-refractivity contribution in [2.75, 3.05) is 0 Å². The van der Waals surface area contributed by atoms with E-state index in [0.717, 1.165) is 0 Å². The van der Waals surface area contributed by atoms with Gasteiger partial charge in [0.15, 0.2) is 0 Å². The zero-order chi connectivity index (χ0) is 13.1. The van der Waals surface area contributed by atoms with Crippen molar-refractivity contribution in [2.24, 2.45) is 7.05 Å². The van der Waals surface area contributed by atoms with Gasteiger partial charge in [-0.15, -0.1) is 0 Å². The lowest BCUT2D eigenvalue weighted by Crippen LogP contribution is -2.28. The second kappa shape index (κ2) is 5.08. The number of rotatable bonds is 5. The Bertz CT molecular complexity index is 358. The van der Waals surface area contributed by atoms with Crippen molar-refractivity contribution in [1.82, 2.24) is 9.78 Å². The van der Waals surface area contributed by atoms with Crippen molar-refractivity contribution < 1.29 is 18.3 Å². The Morgan fingerprint density at radius 3 is 2.47 bits per heavy atom. The minimum Gasteiger partial charge on any atom is -0.390 e. The third kappa shape index (κ3) is 5.72. The second-order valence-corrected chi connectivity index (χ2v) is 4.62. The van der Waals surface area contributed by atoms with Crippen molar-refractivity contribution >= 4 is 0 Å². The molecule has 0 aliphatic heterocycles. The van der Waals surface area contributed by atoms with Gasteiger partial charge in [0, 0.05) is 26.1 Å². The summed E-state index contributed by atoms with van der Waals surface area (Å²) < 4.78 is 37.5. The van der Waals surface area contributed by atoms with Gasteiger partial charge in [-0.1, -0.05) is 0 Å². The fraction of sp³-hybridized carbons (Fsp3) is 0.727. The van der Waals surface area contributed by atoms with E-state index in [1.807, 2.05) is 0 Å².